The monoisotopic (exact) mass is 386 g/mol. The summed E-state index contributed by atoms with van der Waals surface area (Å²) in [6.45, 7) is 1.95. The number of carbonyl (C=O) groups is 1. The van der Waals surface area contributed by atoms with Crippen LogP contribution < -0.4 is 20.1 Å². The van der Waals surface area contributed by atoms with Crippen molar-refractivity contribution in [3.05, 3.63) is 41.9 Å². The fourth-order valence-electron chi connectivity index (χ4n) is 3.01. The highest BCUT2D eigenvalue weighted by Crippen LogP contribution is 2.27. The van der Waals surface area contributed by atoms with E-state index < -0.39 is 0 Å². The van der Waals surface area contributed by atoms with Crippen molar-refractivity contribution in [2.45, 2.75) is 25.4 Å². The molecule has 1 amide bonds. The second-order valence-corrected chi connectivity index (χ2v) is 6.50. The second kappa shape index (κ2) is 9.89. The molecule has 2 N–H and O–H groups in total. The van der Waals surface area contributed by atoms with Crippen LogP contribution in [0.1, 0.15) is 28.9 Å². The van der Waals surface area contributed by atoms with Crippen molar-refractivity contribution in [1.82, 2.24) is 15.3 Å². The third-order valence-corrected chi connectivity index (χ3v) is 4.57. The number of ether oxygens (including phenoxy) is 3. The van der Waals surface area contributed by atoms with Crippen LogP contribution in [0.2, 0.25) is 0 Å². The van der Waals surface area contributed by atoms with Crippen LogP contribution in [0.5, 0.6) is 11.5 Å². The Labute approximate surface area is 164 Å². The SMILES string of the molecule is COc1ccc(CCNc2cnc(C(=O)NCC3CCCO3)cn2)cc1OC. The molecular formula is C20H26N4O4. The Morgan fingerprint density at radius 3 is 2.75 bits per heavy atom. The van der Waals surface area contributed by atoms with Gasteiger partial charge in [0, 0.05) is 19.7 Å². The van der Waals surface area contributed by atoms with Crippen molar-refractivity contribution < 1.29 is 19.0 Å². The molecule has 8 heteroatoms. The molecule has 1 atom stereocenters. The number of amides is 1. The summed E-state index contributed by atoms with van der Waals surface area (Å²) in [5.74, 6) is 1.80. The molecule has 8 nitrogen and oxygen atoms in total. The number of benzene rings is 1. The third-order valence-electron chi connectivity index (χ3n) is 4.57. The standard InChI is InChI=1S/C20H26N4O4/c1-26-17-6-5-14(10-18(17)27-2)7-8-21-19-13-22-16(12-23-19)20(25)24-11-15-4-3-9-28-15/h5-6,10,12-13,15H,3-4,7-9,11H2,1-2H3,(H,21,23)(H,24,25). The number of anilines is 1. The van der Waals surface area contributed by atoms with Crippen molar-refractivity contribution in [2.75, 3.05) is 39.2 Å². The number of hydrogen-bond acceptors (Lipinski definition) is 7. The second-order valence-electron chi connectivity index (χ2n) is 6.50. The molecule has 0 radical (unpaired) electrons. The maximum Gasteiger partial charge on any atom is 0.271 e. The third kappa shape index (κ3) is 5.32. The quantitative estimate of drug-likeness (QED) is 0.681. The van der Waals surface area contributed by atoms with E-state index in [0.29, 0.717) is 36.1 Å². The number of aromatic nitrogens is 2. The van der Waals surface area contributed by atoms with Crippen LogP contribution >= 0.6 is 0 Å². The van der Waals surface area contributed by atoms with E-state index in [4.69, 9.17) is 14.2 Å². The van der Waals surface area contributed by atoms with Gasteiger partial charge in [-0.2, -0.15) is 0 Å². The summed E-state index contributed by atoms with van der Waals surface area (Å²) in [5.41, 5.74) is 1.41. The van der Waals surface area contributed by atoms with Gasteiger partial charge in [0.1, 0.15) is 11.5 Å². The summed E-state index contributed by atoms with van der Waals surface area (Å²) in [6, 6.07) is 5.84. The Bertz CT molecular complexity index is 776. The molecule has 1 aliphatic heterocycles. The number of hydrogen-bond donors (Lipinski definition) is 2. The van der Waals surface area contributed by atoms with Crippen molar-refractivity contribution in [1.29, 1.82) is 0 Å². The molecule has 1 fully saturated rings. The van der Waals surface area contributed by atoms with Gasteiger partial charge in [-0.25, -0.2) is 9.97 Å². The van der Waals surface area contributed by atoms with E-state index in [0.717, 1.165) is 31.4 Å². The first kappa shape index (κ1) is 19.9. The van der Waals surface area contributed by atoms with Crippen molar-refractivity contribution in [3.8, 4) is 11.5 Å². The minimum absolute atomic E-state index is 0.106. The molecule has 0 saturated carbocycles. The molecule has 2 heterocycles. The van der Waals surface area contributed by atoms with Gasteiger partial charge in [-0.3, -0.25) is 4.79 Å². The zero-order chi connectivity index (χ0) is 19.8. The lowest BCUT2D eigenvalue weighted by Crippen LogP contribution is -2.32. The van der Waals surface area contributed by atoms with Crippen LogP contribution in [-0.2, 0) is 11.2 Å². The van der Waals surface area contributed by atoms with Crippen molar-refractivity contribution in [2.24, 2.45) is 0 Å². The Balaban J connectivity index is 1.45. The van der Waals surface area contributed by atoms with E-state index in [-0.39, 0.29) is 12.0 Å². The fourth-order valence-corrected chi connectivity index (χ4v) is 3.01. The molecule has 1 saturated heterocycles. The molecule has 28 heavy (non-hydrogen) atoms. The van der Waals surface area contributed by atoms with Gasteiger partial charge < -0.3 is 24.8 Å². The smallest absolute Gasteiger partial charge is 0.271 e. The van der Waals surface area contributed by atoms with Gasteiger partial charge in [0.15, 0.2) is 11.5 Å². The predicted octanol–water partition coefficient (Wildman–Crippen LogP) is 2.06. The molecule has 3 rings (SSSR count). The number of nitrogens with one attached hydrogen (secondary N) is 2. The van der Waals surface area contributed by atoms with Gasteiger partial charge in [0.25, 0.3) is 5.91 Å². The highest BCUT2D eigenvalue weighted by atomic mass is 16.5. The largest absolute Gasteiger partial charge is 0.493 e. The molecule has 150 valence electrons. The number of rotatable bonds is 9. The van der Waals surface area contributed by atoms with E-state index >= 15 is 0 Å². The first-order valence-corrected chi connectivity index (χ1v) is 9.36. The van der Waals surface area contributed by atoms with Gasteiger partial charge in [0.05, 0.1) is 32.7 Å². The lowest BCUT2D eigenvalue weighted by atomic mass is 10.1. The Kier molecular flexibility index (Phi) is 7.02. The van der Waals surface area contributed by atoms with Gasteiger partial charge in [-0.1, -0.05) is 6.07 Å². The van der Waals surface area contributed by atoms with E-state index in [1.165, 1.54) is 6.20 Å². The molecule has 1 aromatic carbocycles. The van der Waals surface area contributed by atoms with E-state index in [2.05, 4.69) is 20.6 Å². The van der Waals surface area contributed by atoms with Crippen LogP contribution in [0.4, 0.5) is 5.82 Å². The maximum atomic E-state index is 12.1. The molecule has 1 unspecified atom stereocenters. The first-order chi connectivity index (χ1) is 13.7. The molecule has 0 spiro atoms. The van der Waals surface area contributed by atoms with Crippen LogP contribution in [0.15, 0.2) is 30.6 Å². The van der Waals surface area contributed by atoms with Gasteiger partial charge in [-0.15, -0.1) is 0 Å². The number of methoxy groups -OCH3 is 2. The molecule has 1 aromatic heterocycles. The summed E-state index contributed by atoms with van der Waals surface area (Å²) in [5, 5.41) is 6.04. The predicted molar refractivity (Wildman–Crippen MR) is 105 cm³/mol. The zero-order valence-corrected chi connectivity index (χ0v) is 16.2. The highest BCUT2D eigenvalue weighted by Gasteiger charge is 2.17. The molecular weight excluding hydrogens is 360 g/mol. The van der Waals surface area contributed by atoms with Crippen LogP contribution in [0, 0.1) is 0 Å². The number of carbonyl (C=O) groups excluding carboxylic acids is 1. The Morgan fingerprint density at radius 1 is 1.21 bits per heavy atom. The average Bonchev–Trinajstić information content (AvgIpc) is 3.26. The lowest BCUT2D eigenvalue weighted by Gasteiger charge is -2.11. The van der Waals surface area contributed by atoms with E-state index in [1.807, 2.05) is 18.2 Å². The first-order valence-electron chi connectivity index (χ1n) is 9.36. The number of nitrogens with zero attached hydrogens (tertiary/aromatic N) is 2. The van der Waals surface area contributed by atoms with E-state index in [1.54, 1.807) is 20.4 Å². The molecule has 0 bridgehead atoms. The minimum atomic E-state index is -0.236. The van der Waals surface area contributed by atoms with Crippen LogP contribution in [0.3, 0.4) is 0 Å². The van der Waals surface area contributed by atoms with Gasteiger partial charge in [-0.05, 0) is 37.0 Å². The topological polar surface area (TPSA) is 94.6 Å². The van der Waals surface area contributed by atoms with E-state index in [9.17, 15) is 4.79 Å². The Morgan fingerprint density at radius 2 is 2.07 bits per heavy atom. The normalized spacial score (nSPS) is 15.9. The minimum Gasteiger partial charge on any atom is -0.493 e. The fraction of sp³-hybridized carbons (Fsp3) is 0.450. The summed E-state index contributed by atoms with van der Waals surface area (Å²) < 4.78 is 16.0. The van der Waals surface area contributed by atoms with Crippen molar-refractivity contribution in [3.63, 3.8) is 0 Å². The van der Waals surface area contributed by atoms with Gasteiger partial charge >= 0.3 is 0 Å². The highest BCUT2D eigenvalue weighted by molar-refractivity contribution is 5.92. The Hall–Kier alpha value is -2.87. The zero-order valence-electron chi connectivity index (χ0n) is 16.2. The summed E-state index contributed by atoms with van der Waals surface area (Å²) in [4.78, 5) is 20.6. The molecule has 1 aliphatic rings. The summed E-state index contributed by atoms with van der Waals surface area (Å²) in [7, 11) is 3.23. The van der Waals surface area contributed by atoms with Gasteiger partial charge in [0.2, 0.25) is 0 Å². The molecule has 0 aliphatic carbocycles. The summed E-state index contributed by atoms with van der Waals surface area (Å²) >= 11 is 0. The lowest BCUT2D eigenvalue weighted by molar-refractivity contribution is 0.0853. The summed E-state index contributed by atoms with van der Waals surface area (Å²) in [6.07, 6.45) is 5.96. The maximum absolute atomic E-state index is 12.1. The van der Waals surface area contributed by atoms with Crippen LogP contribution in [0.25, 0.3) is 0 Å². The van der Waals surface area contributed by atoms with Crippen molar-refractivity contribution >= 4 is 11.7 Å². The van der Waals surface area contributed by atoms with Crippen LogP contribution in [-0.4, -0.2) is 55.9 Å². The average molecular weight is 386 g/mol. The molecule has 2 aromatic rings.